The molecule has 1 amide bonds. The molecule has 9 nitrogen and oxygen atoms in total. The number of nitrogens with zero attached hydrogens (tertiary/aromatic N) is 5. The van der Waals surface area contributed by atoms with E-state index in [-0.39, 0.29) is 36.4 Å². The predicted molar refractivity (Wildman–Crippen MR) is 102 cm³/mol. The minimum Gasteiger partial charge on any atom is -0.353 e. The molecule has 0 aromatic carbocycles. The monoisotopic (exact) mass is 404 g/mol. The number of fused-ring (bicyclic) bond motifs is 4. The molecule has 2 bridgehead atoms. The van der Waals surface area contributed by atoms with E-state index in [2.05, 4.69) is 25.7 Å². The van der Waals surface area contributed by atoms with Crippen molar-refractivity contribution in [2.45, 2.75) is 37.8 Å². The number of carbonyl (C=O) groups excluding carboxylic acids is 1. The lowest BCUT2D eigenvalue weighted by Crippen LogP contribution is -2.67. The van der Waals surface area contributed by atoms with Gasteiger partial charge in [0.1, 0.15) is 6.07 Å². The van der Waals surface area contributed by atoms with Crippen molar-refractivity contribution in [3.63, 3.8) is 0 Å². The third-order valence-corrected chi connectivity index (χ3v) is 6.83. The van der Waals surface area contributed by atoms with Gasteiger partial charge >= 0.3 is 0 Å². The van der Waals surface area contributed by atoms with E-state index in [1.807, 2.05) is 4.90 Å². The number of hydrogen-bond acceptors (Lipinski definition) is 7. The Morgan fingerprint density at radius 3 is 2.79 bits per heavy atom. The minimum atomic E-state index is -3.35. The van der Waals surface area contributed by atoms with E-state index in [9.17, 15) is 18.5 Å². The fraction of sp³-hybridized carbons (Fsp3) is 0.667. The molecule has 4 heterocycles. The molecule has 150 valence electrons. The van der Waals surface area contributed by atoms with Gasteiger partial charge in [-0.1, -0.05) is 0 Å². The third kappa shape index (κ3) is 3.56. The molecule has 3 aliphatic rings. The molecule has 10 heteroatoms. The maximum absolute atomic E-state index is 12.7. The Bertz CT molecular complexity index is 914. The van der Waals surface area contributed by atoms with Gasteiger partial charge in [0.2, 0.25) is 15.9 Å². The Kier molecular flexibility index (Phi) is 4.97. The molecule has 1 aromatic heterocycles. The number of rotatable bonds is 4. The highest BCUT2D eigenvalue weighted by atomic mass is 32.2. The molecule has 0 spiro atoms. The van der Waals surface area contributed by atoms with Gasteiger partial charge in [0.05, 0.1) is 12.3 Å². The van der Waals surface area contributed by atoms with Gasteiger partial charge in [-0.25, -0.2) is 23.1 Å². The summed E-state index contributed by atoms with van der Waals surface area (Å²) in [5, 5.41) is 9.39. The molecule has 3 saturated heterocycles. The maximum Gasteiger partial charge on any atom is 0.223 e. The van der Waals surface area contributed by atoms with Gasteiger partial charge in [-0.3, -0.25) is 4.79 Å². The van der Waals surface area contributed by atoms with Crippen LogP contribution in [0.15, 0.2) is 12.4 Å². The summed E-state index contributed by atoms with van der Waals surface area (Å²) in [7, 11) is -3.35. The average molecular weight is 404 g/mol. The fourth-order valence-electron chi connectivity index (χ4n) is 5.09. The number of carbonyl (C=O) groups is 1. The SMILES string of the molecule is CS(=O)(=O)NC[C@H]1[C@H]2C[C@H](CN(c3nccnc3C#N)C2)[C@@H]2CCCC(=O)N21. The smallest absolute Gasteiger partial charge is 0.223 e. The van der Waals surface area contributed by atoms with Crippen LogP contribution in [0.1, 0.15) is 31.4 Å². The molecular formula is C18H24N6O3S. The van der Waals surface area contributed by atoms with E-state index in [4.69, 9.17) is 0 Å². The largest absolute Gasteiger partial charge is 0.353 e. The Labute approximate surface area is 164 Å². The number of sulfonamides is 1. The number of hydrogen-bond donors (Lipinski definition) is 1. The summed E-state index contributed by atoms with van der Waals surface area (Å²) in [5.41, 5.74) is 0.296. The lowest BCUT2D eigenvalue weighted by molar-refractivity contribution is -0.148. The number of anilines is 1. The summed E-state index contributed by atoms with van der Waals surface area (Å²) in [6.07, 6.45) is 7.49. The molecule has 0 unspecified atom stereocenters. The van der Waals surface area contributed by atoms with Gasteiger partial charge in [0.25, 0.3) is 0 Å². The van der Waals surface area contributed by atoms with Crippen LogP contribution in [0, 0.1) is 23.2 Å². The molecule has 4 atom stereocenters. The van der Waals surface area contributed by atoms with Crippen molar-refractivity contribution in [1.82, 2.24) is 19.6 Å². The number of aromatic nitrogens is 2. The van der Waals surface area contributed by atoms with E-state index in [0.29, 0.717) is 24.5 Å². The minimum absolute atomic E-state index is 0.105. The van der Waals surface area contributed by atoms with Crippen molar-refractivity contribution in [2.24, 2.45) is 11.8 Å². The number of nitriles is 1. The van der Waals surface area contributed by atoms with Crippen LogP contribution in [0.5, 0.6) is 0 Å². The highest BCUT2D eigenvalue weighted by molar-refractivity contribution is 7.88. The second-order valence-corrected chi connectivity index (χ2v) is 9.78. The lowest BCUT2D eigenvalue weighted by Gasteiger charge is -2.56. The third-order valence-electron chi connectivity index (χ3n) is 6.14. The summed E-state index contributed by atoms with van der Waals surface area (Å²) in [4.78, 5) is 25.3. The van der Waals surface area contributed by atoms with Crippen molar-refractivity contribution < 1.29 is 13.2 Å². The summed E-state index contributed by atoms with van der Waals surface area (Å²) in [5.74, 6) is 1.09. The molecular weight excluding hydrogens is 380 g/mol. The van der Waals surface area contributed by atoms with E-state index in [1.54, 1.807) is 6.20 Å². The molecule has 0 aliphatic carbocycles. The van der Waals surface area contributed by atoms with Crippen molar-refractivity contribution in [2.75, 3.05) is 30.8 Å². The van der Waals surface area contributed by atoms with Gasteiger partial charge < -0.3 is 9.80 Å². The first kappa shape index (κ1) is 19.1. The molecule has 1 N–H and O–H groups in total. The van der Waals surface area contributed by atoms with Crippen LogP contribution >= 0.6 is 0 Å². The fourth-order valence-corrected chi connectivity index (χ4v) is 5.56. The quantitative estimate of drug-likeness (QED) is 0.756. The Morgan fingerprint density at radius 1 is 1.29 bits per heavy atom. The second kappa shape index (κ2) is 7.29. The first-order valence-electron chi connectivity index (χ1n) is 9.59. The number of piperidine rings is 3. The first-order valence-corrected chi connectivity index (χ1v) is 11.5. The van der Waals surface area contributed by atoms with Gasteiger partial charge in [0, 0.05) is 44.5 Å². The van der Waals surface area contributed by atoms with Crippen LogP contribution in [0.2, 0.25) is 0 Å². The summed E-state index contributed by atoms with van der Waals surface area (Å²) in [6, 6.07) is 2.03. The molecule has 3 fully saturated rings. The Balaban J connectivity index is 1.65. The zero-order chi connectivity index (χ0) is 19.9. The normalized spacial score (nSPS) is 29.9. The van der Waals surface area contributed by atoms with Crippen molar-refractivity contribution in [3.8, 4) is 6.07 Å². The lowest BCUT2D eigenvalue weighted by atomic mass is 9.72. The standard InChI is InChI=1S/C18H24N6O3S/c1-28(26,27)22-9-16-13-7-12(15-3-2-4-17(25)24(15)16)10-23(11-13)18-14(8-19)20-5-6-21-18/h5-6,12-13,15-16,22H,2-4,7,9-11H2,1H3/t12-,13+,15+,16+/m1/s1. The maximum atomic E-state index is 12.7. The van der Waals surface area contributed by atoms with E-state index >= 15 is 0 Å². The molecule has 4 rings (SSSR count). The molecule has 0 saturated carbocycles. The zero-order valence-electron chi connectivity index (χ0n) is 15.8. The first-order chi connectivity index (χ1) is 13.4. The Hall–Kier alpha value is -2.25. The van der Waals surface area contributed by atoms with Gasteiger partial charge in [-0.2, -0.15) is 5.26 Å². The van der Waals surface area contributed by atoms with Crippen LogP contribution in [0.25, 0.3) is 0 Å². The van der Waals surface area contributed by atoms with Crippen LogP contribution < -0.4 is 9.62 Å². The van der Waals surface area contributed by atoms with Crippen LogP contribution in [0.4, 0.5) is 5.82 Å². The van der Waals surface area contributed by atoms with E-state index in [1.165, 1.54) is 6.20 Å². The molecule has 28 heavy (non-hydrogen) atoms. The number of nitrogens with one attached hydrogen (secondary N) is 1. The predicted octanol–water partition coefficient (Wildman–Crippen LogP) is 0.103. The Morgan fingerprint density at radius 2 is 2.04 bits per heavy atom. The number of amides is 1. The van der Waals surface area contributed by atoms with Crippen LogP contribution in [-0.4, -0.2) is 67.2 Å². The van der Waals surface area contributed by atoms with Gasteiger partial charge in [-0.05, 0) is 31.1 Å². The summed E-state index contributed by atoms with van der Waals surface area (Å²) < 4.78 is 26.0. The van der Waals surface area contributed by atoms with Gasteiger partial charge in [0.15, 0.2) is 11.5 Å². The summed E-state index contributed by atoms with van der Waals surface area (Å²) in [6.45, 7) is 1.57. The van der Waals surface area contributed by atoms with Crippen molar-refractivity contribution in [3.05, 3.63) is 18.1 Å². The van der Waals surface area contributed by atoms with Crippen molar-refractivity contribution >= 4 is 21.7 Å². The van der Waals surface area contributed by atoms with Gasteiger partial charge in [-0.15, -0.1) is 0 Å². The highest BCUT2D eigenvalue weighted by Crippen LogP contribution is 2.42. The highest BCUT2D eigenvalue weighted by Gasteiger charge is 2.49. The zero-order valence-corrected chi connectivity index (χ0v) is 16.6. The molecule has 0 radical (unpaired) electrons. The van der Waals surface area contributed by atoms with Crippen LogP contribution in [-0.2, 0) is 14.8 Å². The van der Waals surface area contributed by atoms with E-state index in [0.717, 1.165) is 32.1 Å². The average Bonchev–Trinajstić information content (AvgIpc) is 2.67. The second-order valence-electron chi connectivity index (χ2n) is 7.95. The van der Waals surface area contributed by atoms with Crippen molar-refractivity contribution in [1.29, 1.82) is 5.26 Å². The van der Waals surface area contributed by atoms with E-state index < -0.39 is 10.0 Å². The summed E-state index contributed by atoms with van der Waals surface area (Å²) >= 11 is 0. The topological polar surface area (TPSA) is 119 Å². The van der Waals surface area contributed by atoms with Crippen LogP contribution in [0.3, 0.4) is 0 Å². The molecule has 3 aliphatic heterocycles. The molecule has 1 aromatic rings.